The average Bonchev–Trinajstić information content (AvgIpc) is 3.19. The van der Waals surface area contributed by atoms with Crippen LogP contribution in [0.2, 0.25) is 0 Å². The molecule has 8 nitrogen and oxygen atoms in total. The molecule has 9 heteroatoms. The lowest BCUT2D eigenvalue weighted by Crippen LogP contribution is -2.46. The molecule has 1 aliphatic carbocycles. The molecule has 1 heterocycles. The molecule has 0 aliphatic heterocycles. The van der Waals surface area contributed by atoms with Crippen LogP contribution in [-0.4, -0.2) is 43.9 Å². The number of nitrogens with one attached hydrogen (secondary N) is 2. The minimum absolute atomic E-state index is 0. The highest BCUT2D eigenvalue weighted by atomic mass is 127. The molecule has 0 bridgehead atoms. The molecule has 3 rings (SSSR count). The van der Waals surface area contributed by atoms with Crippen LogP contribution < -0.4 is 20.1 Å². The van der Waals surface area contributed by atoms with Crippen LogP contribution in [-0.2, 0) is 12.0 Å². The van der Waals surface area contributed by atoms with Crippen molar-refractivity contribution in [2.45, 2.75) is 51.0 Å². The number of hydrogen-bond donors (Lipinski definition) is 2. The SMILES string of the molecule is CN=C(NCc1noc(C)n1)NCC1(c2ccc(OC)c(OC)c2)CCCCC1.I. The van der Waals surface area contributed by atoms with Crippen molar-refractivity contribution in [1.29, 1.82) is 0 Å². The van der Waals surface area contributed by atoms with Gasteiger partial charge < -0.3 is 24.6 Å². The topological polar surface area (TPSA) is 93.8 Å². The minimum Gasteiger partial charge on any atom is -0.493 e. The molecule has 0 unspecified atom stereocenters. The van der Waals surface area contributed by atoms with E-state index in [1.54, 1.807) is 28.2 Å². The molecule has 1 aliphatic rings. The number of ether oxygens (including phenoxy) is 2. The third-order valence-corrected chi connectivity index (χ3v) is 5.61. The van der Waals surface area contributed by atoms with Gasteiger partial charge in [-0.25, -0.2) is 0 Å². The first-order valence-corrected chi connectivity index (χ1v) is 10.1. The second-order valence-electron chi connectivity index (χ2n) is 7.42. The number of aliphatic imine (C=N–C) groups is 1. The van der Waals surface area contributed by atoms with Gasteiger partial charge >= 0.3 is 0 Å². The Morgan fingerprint density at radius 2 is 1.87 bits per heavy atom. The van der Waals surface area contributed by atoms with Gasteiger partial charge in [0, 0.05) is 25.9 Å². The maximum atomic E-state index is 5.54. The summed E-state index contributed by atoms with van der Waals surface area (Å²) < 4.78 is 16.0. The molecule has 1 fully saturated rings. The van der Waals surface area contributed by atoms with E-state index in [2.05, 4.69) is 37.9 Å². The Morgan fingerprint density at radius 1 is 1.13 bits per heavy atom. The van der Waals surface area contributed by atoms with Gasteiger partial charge in [0.05, 0.1) is 20.8 Å². The quantitative estimate of drug-likeness (QED) is 0.322. The van der Waals surface area contributed by atoms with Crippen molar-refractivity contribution < 1.29 is 14.0 Å². The van der Waals surface area contributed by atoms with E-state index in [4.69, 9.17) is 14.0 Å². The number of aromatic nitrogens is 2. The Bertz CT molecular complexity index is 834. The molecule has 30 heavy (non-hydrogen) atoms. The Morgan fingerprint density at radius 3 is 2.47 bits per heavy atom. The highest BCUT2D eigenvalue weighted by Gasteiger charge is 2.34. The summed E-state index contributed by atoms with van der Waals surface area (Å²) in [6.07, 6.45) is 5.95. The number of nitrogens with zero attached hydrogens (tertiary/aromatic N) is 3. The molecule has 1 saturated carbocycles. The van der Waals surface area contributed by atoms with E-state index < -0.39 is 0 Å². The van der Waals surface area contributed by atoms with Gasteiger partial charge in [0.25, 0.3) is 0 Å². The van der Waals surface area contributed by atoms with Crippen molar-refractivity contribution in [1.82, 2.24) is 20.8 Å². The molecular formula is C21H32IN5O3. The molecule has 2 N–H and O–H groups in total. The van der Waals surface area contributed by atoms with Gasteiger partial charge in [-0.15, -0.1) is 24.0 Å². The second kappa shape index (κ2) is 11.4. The number of halogens is 1. The summed E-state index contributed by atoms with van der Waals surface area (Å²) in [7, 11) is 5.11. The fraction of sp³-hybridized carbons (Fsp3) is 0.571. The monoisotopic (exact) mass is 529 g/mol. The van der Waals surface area contributed by atoms with Crippen LogP contribution in [0.5, 0.6) is 11.5 Å². The van der Waals surface area contributed by atoms with Crippen LogP contribution in [0.1, 0.15) is 49.4 Å². The predicted molar refractivity (Wildman–Crippen MR) is 127 cm³/mol. The molecule has 1 aromatic carbocycles. The van der Waals surface area contributed by atoms with Crippen molar-refractivity contribution >= 4 is 29.9 Å². The van der Waals surface area contributed by atoms with Crippen molar-refractivity contribution in [2.75, 3.05) is 27.8 Å². The fourth-order valence-corrected chi connectivity index (χ4v) is 4.01. The van der Waals surface area contributed by atoms with Crippen LogP contribution >= 0.6 is 24.0 Å². The normalized spacial score (nSPS) is 15.8. The van der Waals surface area contributed by atoms with Crippen molar-refractivity contribution in [3.63, 3.8) is 0 Å². The van der Waals surface area contributed by atoms with Gasteiger partial charge in [0.15, 0.2) is 23.3 Å². The summed E-state index contributed by atoms with van der Waals surface area (Å²) in [6.45, 7) is 3.02. The highest BCUT2D eigenvalue weighted by Crippen LogP contribution is 2.42. The number of benzene rings is 1. The lowest BCUT2D eigenvalue weighted by Gasteiger charge is -2.38. The van der Waals surface area contributed by atoms with Gasteiger partial charge in [-0.1, -0.05) is 30.5 Å². The Balaban J connectivity index is 0.00000320. The predicted octanol–water partition coefficient (Wildman–Crippen LogP) is 3.58. The molecule has 0 spiro atoms. The molecule has 2 aromatic rings. The maximum Gasteiger partial charge on any atom is 0.223 e. The Kier molecular flexibility index (Phi) is 9.19. The van der Waals surface area contributed by atoms with E-state index in [0.29, 0.717) is 18.3 Å². The summed E-state index contributed by atoms with van der Waals surface area (Å²) in [5, 5.41) is 10.7. The zero-order valence-corrected chi connectivity index (χ0v) is 20.5. The zero-order chi connectivity index (χ0) is 20.7. The van der Waals surface area contributed by atoms with E-state index in [0.717, 1.165) is 36.8 Å². The fourth-order valence-electron chi connectivity index (χ4n) is 4.01. The Hall–Kier alpha value is -2.04. The van der Waals surface area contributed by atoms with Gasteiger partial charge in [0.1, 0.15) is 0 Å². The molecule has 0 saturated heterocycles. The summed E-state index contributed by atoms with van der Waals surface area (Å²) in [5.41, 5.74) is 1.30. The zero-order valence-electron chi connectivity index (χ0n) is 18.2. The first kappa shape index (κ1) is 24.2. The highest BCUT2D eigenvalue weighted by molar-refractivity contribution is 14.0. The number of guanidine groups is 1. The average molecular weight is 529 g/mol. The van der Waals surface area contributed by atoms with E-state index >= 15 is 0 Å². The van der Waals surface area contributed by atoms with E-state index in [9.17, 15) is 0 Å². The van der Waals surface area contributed by atoms with Gasteiger partial charge in [-0.05, 0) is 30.5 Å². The van der Waals surface area contributed by atoms with Crippen LogP contribution in [0, 0.1) is 6.92 Å². The van der Waals surface area contributed by atoms with E-state index in [1.165, 1.54) is 24.8 Å². The van der Waals surface area contributed by atoms with Crippen LogP contribution in [0.15, 0.2) is 27.7 Å². The Labute approximate surface area is 195 Å². The van der Waals surface area contributed by atoms with E-state index in [1.807, 2.05) is 6.07 Å². The van der Waals surface area contributed by atoms with Crippen molar-refractivity contribution in [3.8, 4) is 11.5 Å². The van der Waals surface area contributed by atoms with Crippen molar-refractivity contribution in [2.24, 2.45) is 4.99 Å². The standard InChI is InChI=1S/C21H31N5O3.HI/c1-15-25-19(26-29-15)13-23-20(22-2)24-14-21(10-6-5-7-11-21)16-8-9-17(27-3)18(12-16)28-4;/h8-9,12H,5-7,10-11,13-14H2,1-4H3,(H2,22,23,24);1H. The summed E-state index contributed by atoms with van der Waals surface area (Å²) in [5.74, 6) is 3.41. The molecule has 0 atom stereocenters. The van der Waals surface area contributed by atoms with E-state index in [-0.39, 0.29) is 29.4 Å². The molecular weight excluding hydrogens is 497 g/mol. The number of methoxy groups -OCH3 is 2. The van der Waals surface area contributed by atoms with Crippen LogP contribution in [0.4, 0.5) is 0 Å². The summed E-state index contributed by atoms with van der Waals surface area (Å²) in [6, 6.07) is 6.27. The van der Waals surface area contributed by atoms with Gasteiger partial charge in [-0.3, -0.25) is 4.99 Å². The van der Waals surface area contributed by atoms with Gasteiger partial charge in [0.2, 0.25) is 5.89 Å². The molecule has 0 amide bonds. The first-order chi connectivity index (χ1) is 14.1. The number of aryl methyl sites for hydroxylation is 1. The number of rotatable bonds is 7. The summed E-state index contributed by atoms with van der Waals surface area (Å²) in [4.78, 5) is 8.56. The summed E-state index contributed by atoms with van der Waals surface area (Å²) >= 11 is 0. The minimum atomic E-state index is 0. The molecule has 166 valence electrons. The lowest BCUT2D eigenvalue weighted by atomic mass is 9.69. The largest absolute Gasteiger partial charge is 0.493 e. The lowest BCUT2D eigenvalue weighted by molar-refractivity contribution is 0.288. The number of hydrogen-bond acceptors (Lipinski definition) is 6. The van der Waals surface area contributed by atoms with Crippen molar-refractivity contribution in [3.05, 3.63) is 35.5 Å². The van der Waals surface area contributed by atoms with Crippen LogP contribution in [0.25, 0.3) is 0 Å². The first-order valence-electron chi connectivity index (χ1n) is 10.1. The molecule has 1 aromatic heterocycles. The van der Waals surface area contributed by atoms with Gasteiger partial charge in [-0.2, -0.15) is 4.98 Å². The third-order valence-electron chi connectivity index (χ3n) is 5.61. The van der Waals surface area contributed by atoms with Crippen LogP contribution in [0.3, 0.4) is 0 Å². The third kappa shape index (κ3) is 5.77. The smallest absolute Gasteiger partial charge is 0.223 e. The maximum absolute atomic E-state index is 5.54. The molecule has 0 radical (unpaired) electrons. The second-order valence-corrected chi connectivity index (χ2v) is 7.42.